The molecule has 1 atom stereocenters. The molecule has 0 radical (unpaired) electrons. The van der Waals surface area contributed by atoms with Crippen molar-refractivity contribution < 1.29 is 19.1 Å². The fraction of sp³-hybridized carbons (Fsp3) is 0.385. The summed E-state index contributed by atoms with van der Waals surface area (Å²) in [7, 11) is 2.88. The van der Waals surface area contributed by atoms with Crippen LogP contribution in [0.3, 0.4) is 0 Å². The molecule has 1 aromatic carbocycles. The molecule has 0 aliphatic rings. The number of esters is 1. The van der Waals surface area contributed by atoms with Crippen LogP contribution in [0.25, 0.3) is 0 Å². The van der Waals surface area contributed by atoms with Gasteiger partial charge in [0.25, 0.3) is 0 Å². The van der Waals surface area contributed by atoms with Gasteiger partial charge in [-0.05, 0) is 31.2 Å². The molecular weight excluding hydrogens is 234 g/mol. The highest BCUT2D eigenvalue weighted by molar-refractivity contribution is 5.87. The van der Waals surface area contributed by atoms with E-state index in [0.29, 0.717) is 0 Å². The van der Waals surface area contributed by atoms with Gasteiger partial charge in [0.15, 0.2) is 0 Å². The zero-order valence-corrected chi connectivity index (χ0v) is 10.7. The molecule has 5 heteroatoms. The molecule has 98 valence electrons. The third-order valence-electron chi connectivity index (χ3n) is 2.41. The molecule has 1 aromatic rings. The maximum absolute atomic E-state index is 11.5. The van der Waals surface area contributed by atoms with Crippen molar-refractivity contribution in [2.75, 3.05) is 19.5 Å². The summed E-state index contributed by atoms with van der Waals surface area (Å²) < 4.78 is 9.69. The number of rotatable bonds is 6. The van der Waals surface area contributed by atoms with Crippen molar-refractivity contribution in [3.63, 3.8) is 0 Å². The Morgan fingerprint density at radius 1 is 1.22 bits per heavy atom. The molecule has 0 saturated carbocycles. The van der Waals surface area contributed by atoms with E-state index in [0.717, 1.165) is 11.4 Å². The molecule has 1 rings (SSSR count). The number of Topliss-reactive ketones (excluding diaryl/α,β-unsaturated/α-hetero) is 1. The number of benzene rings is 1. The monoisotopic (exact) mass is 251 g/mol. The van der Waals surface area contributed by atoms with Gasteiger partial charge in [-0.1, -0.05) is 0 Å². The van der Waals surface area contributed by atoms with Crippen LogP contribution in [0.2, 0.25) is 0 Å². The van der Waals surface area contributed by atoms with Crippen molar-refractivity contribution >= 4 is 17.4 Å². The lowest BCUT2D eigenvalue weighted by Gasteiger charge is -2.16. The van der Waals surface area contributed by atoms with Crippen LogP contribution >= 0.6 is 0 Å². The first kappa shape index (κ1) is 14.0. The van der Waals surface area contributed by atoms with E-state index in [-0.39, 0.29) is 12.2 Å². The quantitative estimate of drug-likeness (QED) is 0.778. The standard InChI is InChI=1S/C13H17NO4/c1-9(15)8-12(13(16)18-3)14-10-4-6-11(17-2)7-5-10/h4-7,12,14H,8H2,1-3H3. The predicted octanol–water partition coefficient (Wildman–Crippen LogP) is 1.63. The van der Waals surface area contributed by atoms with Crippen LogP contribution < -0.4 is 10.1 Å². The van der Waals surface area contributed by atoms with Crippen LogP contribution in [0.1, 0.15) is 13.3 Å². The second-order valence-electron chi connectivity index (χ2n) is 3.85. The van der Waals surface area contributed by atoms with E-state index >= 15 is 0 Å². The number of hydrogen-bond acceptors (Lipinski definition) is 5. The summed E-state index contributed by atoms with van der Waals surface area (Å²) in [5.41, 5.74) is 0.729. The first-order valence-corrected chi connectivity index (χ1v) is 5.54. The van der Waals surface area contributed by atoms with E-state index in [1.807, 2.05) is 0 Å². The molecule has 0 aromatic heterocycles. The summed E-state index contributed by atoms with van der Waals surface area (Å²) in [4.78, 5) is 22.6. The van der Waals surface area contributed by atoms with Crippen LogP contribution in [0.5, 0.6) is 5.75 Å². The minimum atomic E-state index is -0.666. The van der Waals surface area contributed by atoms with Gasteiger partial charge in [-0.25, -0.2) is 4.79 Å². The smallest absolute Gasteiger partial charge is 0.328 e. The summed E-state index contributed by atoms with van der Waals surface area (Å²) in [6.07, 6.45) is 0.0959. The van der Waals surface area contributed by atoms with Gasteiger partial charge in [0, 0.05) is 12.1 Å². The molecule has 18 heavy (non-hydrogen) atoms. The van der Waals surface area contributed by atoms with Gasteiger partial charge < -0.3 is 14.8 Å². The lowest BCUT2D eigenvalue weighted by atomic mass is 10.1. The van der Waals surface area contributed by atoms with Gasteiger partial charge in [0.2, 0.25) is 0 Å². The molecule has 5 nitrogen and oxygen atoms in total. The topological polar surface area (TPSA) is 64.6 Å². The molecule has 1 unspecified atom stereocenters. The molecule has 0 saturated heterocycles. The van der Waals surface area contributed by atoms with E-state index in [9.17, 15) is 9.59 Å². The summed E-state index contributed by atoms with van der Waals surface area (Å²) in [5.74, 6) is 0.189. The average molecular weight is 251 g/mol. The predicted molar refractivity (Wildman–Crippen MR) is 67.7 cm³/mol. The average Bonchev–Trinajstić information content (AvgIpc) is 2.37. The summed E-state index contributed by atoms with van der Waals surface area (Å²) in [6, 6.07) is 6.42. The highest BCUT2D eigenvalue weighted by Crippen LogP contribution is 2.16. The molecule has 0 aliphatic heterocycles. The normalized spacial score (nSPS) is 11.5. The van der Waals surface area contributed by atoms with E-state index in [4.69, 9.17) is 4.74 Å². The Kier molecular flexibility index (Phi) is 5.17. The van der Waals surface area contributed by atoms with Gasteiger partial charge in [-0.3, -0.25) is 4.79 Å². The van der Waals surface area contributed by atoms with E-state index in [1.165, 1.54) is 14.0 Å². The first-order chi connectivity index (χ1) is 8.56. The van der Waals surface area contributed by atoms with E-state index in [1.54, 1.807) is 31.4 Å². The summed E-state index contributed by atoms with van der Waals surface area (Å²) in [6.45, 7) is 1.44. The van der Waals surface area contributed by atoms with Crippen LogP contribution in [-0.2, 0) is 14.3 Å². The van der Waals surface area contributed by atoms with Crippen molar-refractivity contribution in [2.45, 2.75) is 19.4 Å². The third kappa shape index (κ3) is 4.08. The molecule has 0 bridgehead atoms. The molecular formula is C13H17NO4. The van der Waals surface area contributed by atoms with Crippen molar-refractivity contribution in [1.82, 2.24) is 0 Å². The largest absolute Gasteiger partial charge is 0.497 e. The Bertz CT molecular complexity index is 414. The number of ether oxygens (including phenoxy) is 2. The Labute approximate surface area is 106 Å². The fourth-order valence-electron chi connectivity index (χ4n) is 1.51. The molecule has 0 amide bonds. The Hall–Kier alpha value is -2.04. The minimum absolute atomic E-state index is 0.0774. The summed E-state index contributed by atoms with van der Waals surface area (Å²) in [5, 5.41) is 2.96. The summed E-state index contributed by atoms with van der Waals surface area (Å²) >= 11 is 0. The number of anilines is 1. The number of ketones is 1. The highest BCUT2D eigenvalue weighted by Gasteiger charge is 2.20. The van der Waals surface area contributed by atoms with Crippen LogP contribution in [0.15, 0.2) is 24.3 Å². The maximum Gasteiger partial charge on any atom is 0.328 e. The second kappa shape index (κ2) is 6.64. The van der Waals surface area contributed by atoms with Gasteiger partial charge >= 0.3 is 5.97 Å². The van der Waals surface area contributed by atoms with Crippen LogP contribution in [0.4, 0.5) is 5.69 Å². The van der Waals surface area contributed by atoms with E-state index in [2.05, 4.69) is 10.1 Å². The van der Waals surface area contributed by atoms with Gasteiger partial charge in [0.1, 0.15) is 17.6 Å². The van der Waals surface area contributed by atoms with Crippen molar-refractivity contribution in [1.29, 1.82) is 0 Å². The van der Waals surface area contributed by atoms with E-state index < -0.39 is 12.0 Å². The zero-order chi connectivity index (χ0) is 13.5. The number of carbonyl (C=O) groups is 2. The van der Waals surface area contributed by atoms with Crippen molar-refractivity contribution in [3.8, 4) is 5.75 Å². The zero-order valence-electron chi connectivity index (χ0n) is 10.7. The van der Waals surface area contributed by atoms with Crippen molar-refractivity contribution in [3.05, 3.63) is 24.3 Å². The van der Waals surface area contributed by atoms with Crippen LogP contribution in [0, 0.1) is 0 Å². The Morgan fingerprint density at radius 3 is 2.28 bits per heavy atom. The number of hydrogen-bond donors (Lipinski definition) is 1. The maximum atomic E-state index is 11.5. The highest BCUT2D eigenvalue weighted by atomic mass is 16.5. The Morgan fingerprint density at radius 2 is 1.83 bits per heavy atom. The molecule has 0 heterocycles. The lowest BCUT2D eigenvalue weighted by molar-refractivity contribution is -0.142. The lowest BCUT2D eigenvalue weighted by Crippen LogP contribution is -2.32. The number of carbonyl (C=O) groups excluding carboxylic acids is 2. The van der Waals surface area contributed by atoms with Crippen LogP contribution in [-0.4, -0.2) is 32.0 Å². The SMILES string of the molecule is COC(=O)C(CC(C)=O)Nc1ccc(OC)cc1. The Balaban J connectivity index is 2.75. The van der Waals surface area contributed by atoms with Gasteiger partial charge in [-0.15, -0.1) is 0 Å². The second-order valence-corrected chi connectivity index (χ2v) is 3.85. The first-order valence-electron chi connectivity index (χ1n) is 5.54. The number of methoxy groups -OCH3 is 2. The van der Waals surface area contributed by atoms with Crippen molar-refractivity contribution in [2.24, 2.45) is 0 Å². The van der Waals surface area contributed by atoms with Gasteiger partial charge in [-0.2, -0.15) is 0 Å². The minimum Gasteiger partial charge on any atom is -0.497 e. The number of nitrogens with one attached hydrogen (secondary N) is 1. The molecule has 1 N–H and O–H groups in total. The molecule has 0 spiro atoms. The van der Waals surface area contributed by atoms with Gasteiger partial charge in [0.05, 0.1) is 14.2 Å². The molecule has 0 aliphatic carbocycles. The fourth-order valence-corrected chi connectivity index (χ4v) is 1.51. The third-order valence-corrected chi connectivity index (χ3v) is 2.41. The molecule has 0 fully saturated rings.